The molecule has 1 rings (SSSR count). The summed E-state index contributed by atoms with van der Waals surface area (Å²) in [4.78, 5) is 0. The van der Waals surface area contributed by atoms with E-state index in [4.69, 9.17) is 16.8 Å². The third-order valence-corrected chi connectivity index (χ3v) is 3.03. The van der Waals surface area contributed by atoms with Crippen molar-refractivity contribution in [3.05, 3.63) is 35.4 Å². The molecule has 0 amide bonds. The second-order valence-electron chi connectivity index (χ2n) is 4.39. The van der Waals surface area contributed by atoms with Crippen molar-refractivity contribution in [3.8, 4) is 6.07 Å². The molecule has 4 N–H and O–H groups in total. The summed E-state index contributed by atoms with van der Waals surface area (Å²) in [5.41, 5.74) is 6.97. The molecule has 5 nitrogen and oxygen atoms in total. The second-order valence-corrected chi connectivity index (χ2v) is 4.39. The van der Waals surface area contributed by atoms with Crippen LogP contribution in [-0.4, -0.2) is 11.5 Å². The molecule has 1 unspecified atom stereocenters. The Kier molecular flexibility index (Phi) is 6.41. The minimum absolute atomic E-state index is 0.0147. The third kappa shape index (κ3) is 4.60. The topological polar surface area (TPSA) is 91.4 Å². The molecule has 1 aromatic rings. The molecule has 0 saturated carbocycles. The van der Waals surface area contributed by atoms with Gasteiger partial charge in [-0.25, -0.2) is 11.0 Å². The van der Waals surface area contributed by atoms with Crippen LogP contribution in [0.15, 0.2) is 29.4 Å². The number of hydrazone groups is 1. The maximum atomic E-state index is 8.81. The van der Waals surface area contributed by atoms with Gasteiger partial charge in [-0.3, -0.25) is 0 Å². The van der Waals surface area contributed by atoms with Crippen LogP contribution < -0.4 is 11.6 Å². The summed E-state index contributed by atoms with van der Waals surface area (Å²) in [6, 6.07) is 9.51. The first-order valence-electron chi connectivity index (χ1n) is 6.51. The van der Waals surface area contributed by atoms with Crippen LogP contribution in [0, 0.1) is 11.3 Å². The van der Waals surface area contributed by atoms with Crippen LogP contribution in [0.25, 0.3) is 0 Å². The Morgan fingerprint density at radius 2 is 2.05 bits per heavy atom. The lowest BCUT2D eigenvalue weighted by molar-refractivity contribution is 0.197. The summed E-state index contributed by atoms with van der Waals surface area (Å²) >= 11 is 0. The van der Waals surface area contributed by atoms with Crippen molar-refractivity contribution >= 4 is 6.34 Å². The van der Waals surface area contributed by atoms with Crippen LogP contribution in [0.5, 0.6) is 0 Å². The number of hydrazine groups is 1. The summed E-state index contributed by atoms with van der Waals surface area (Å²) in [7, 11) is 0. The van der Waals surface area contributed by atoms with Crippen LogP contribution in [-0.2, 0) is 0 Å². The highest BCUT2D eigenvalue weighted by molar-refractivity contribution is 5.50. The Hall–Kier alpha value is -2.06. The maximum Gasteiger partial charge on any atom is 0.107 e. The van der Waals surface area contributed by atoms with Gasteiger partial charge in [-0.2, -0.15) is 10.4 Å². The Morgan fingerprint density at radius 1 is 1.37 bits per heavy atom. The van der Waals surface area contributed by atoms with Gasteiger partial charge in [-0.15, -0.1) is 0 Å². The zero-order valence-corrected chi connectivity index (χ0v) is 11.3. The average molecular weight is 259 g/mol. The van der Waals surface area contributed by atoms with Crippen LogP contribution in [0.4, 0.5) is 0 Å². The van der Waals surface area contributed by atoms with Crippen molar-refractivity contribution in [3.63, 3.8) is 0 Å². The van der Waals surface area contributed by atoms with Crippen molar-refractivity contribution in [2.75, 3.05) is 0 Å². The van der Waals surface area contributed by atoms with Gasteiger partial charge in [0.1, 0.15) is 6.34 Å². The predicted molar refractivity (Wildman–Crippen MR) is 76.7 cm³/mol. The van der Waals surface area contributed by atoms with Crippen LogP contribution in [0.2, 0.25) is 0 Å². The number of rotatable bonds is 7. The first kappa shape index (κ1) is 15.0. The number of nitrogens with zero attached hydrogens (tertiary/aromatic N) is 3. The van der Waals surface area contributed by atoms with Crippen molar-refractivity contribution in [2.45, 2.75) is 38.6 Å². The van der Waals surface area contributed by atoms with Gasteiger partial charge in [0.15, 0.2) is 0 Å². The summed E-state index contributed by atoms with van der Waals surface area (Å²) < 4.78 is 0. The molecular formula is C14H21N5. The van der Waals surface area contributed by atoms with E-state index in [0.29, 0.717) is 5.56 Å². The van der Waals surface area contributed by atoms with E-state index in [1.165, 1.54) is 11.5 Å². The fourth-order valence-electron chi connectivity index (χ4n) is 1.98. The molecule has 19 heavy (non-hydrogen) atoms. The van der Waals surface area contributed by atoms with Crippen molar-refractivity contribution in [2.24, 2.45) is 16.7 Å². The van der Waals surface area contributed by atoms with E-state index in [9.17, 15) is 0 Å². The van der Waals surface area contributed by atoms with Crippen molar-refractivity contribution < 1.29 is 0 Å². The second kappa shape index (κ2) is 8.11. The number of nitriles is 1. The SMILES string of the molecule is CCCCCC(c1ccc(C#N)cc1)N(N)/N=C\N. The normalized spacial score (nSPS) is 12.3. The molecule has 0 spiro atoms. The van der Waals surface area contributed by atoms with Crippen molar-refractivity contribution in [1.82, 2.24) is 5.12 Å². The summed E-state index contributed by atoms with van der Waals surface area (Å²) in [6.07, 6.45) is 5.50. The zero-order valence-electron chi connectivity index (χ0n) is 11.3. The standard InChI is InChI=1S/C14H21N5/c1-2-3-4-5-14(19(17)18-11-16)13-8-6-12(10-15)7-9-13/h6-9,11,14H,2-5,17H2,1H3,(H2,16,18). The molecular weight excluding hydrogens is 238 g/mol. The largest absolute Gasteiger partial charge is 0.388 e. The number of hydrogen-bond donors (Lipinski definition) is 2. The number of benzene rings is 1. The fraction of sp³-hybridized carbons (Fsp3) is 0.429. The first-order chi connectivity index (χ1) is 9.22. The van der Waals surface area contributed by atoms with Gasteiger partial charge in [0.05, 0.1) is 17.7 Å². The minimum Gasteiger partial charge on any atom is -0.388 e. The van der Waals surface area contributed by atoms with Crippen LogP contribution in [0.3, 0.4) is 0 Å². The molecule has 0 aliphatic heterocycles. The molecule has 0 aromatic heterocycles. The van der Waals surface area contributed by atoms with Gasteiger partial charge in [0.2, 0.25) is 0 Å². The first-order valence-corrected chi connectivity index (χ1v) is 6.51. The number of hydrogen-bond acceptors (Lipinski definition) is 4. The molecule has 0 bridgehead atoms. The van der Waals surface area contributed by atoms with Crippen LogP contribution >= 0.6 is 0 Å². The summed E-state index contributed by atoms with van der Waals surface area (Å²) in [5, 5.41) is 14.1. The molecule has 0 fully saturated rings. The molecule has 5 heteroatoms. The van der Waals surface area contributed by atoms with Gasteiger partial charge in [0.25, 0.3) is 0 Å². The van der Waals surface area contributed by atoms with E-state index >= 15 is 0 Å². The van der Waals surface area contributed by atoms with Gasteiger partial charge in [-0.1, -0.05) is 38.3 Å². The number of unbranched alkanes of at least 4 members (excludes halogenated alkanes) is 2. The molecule has 0 aliphatic carbocycles. The highest BCUT2D eigenvalue weighted by Crippen LogP contribution is 2.25. The lowest BCUT2D eigenvalue weighted by Gasteiger charge is -2.25. The van der Waals surface area contributed by atoms with E-state index in [-0.39, 0.29) is 6.04 Å². The third-order valence-electron chi connectivity index (χ3n) is 3.03. The van der Waals surface area contributed by atoms with Gasteiger partial charge >= 0.3 is 0 Å². The molecule has 0 aliphatic rings. The zero-order chi connectivity index (χ0) is 14.1. The van der Waals surface area contributed by atoms with E-state index < -0.39 is 0 Å². The number of nitrogens with two attached hydrogens (primary N) is 2. The molecule has 1 aromatic carbocycles. The average Bonchev–Trinajstić information content (AvgIpc) is 2.44. The Balaban J connectivity index is 2.84. The van der Waals surface area contributed by atoms with E-state index in [0.717, 1.165) is 31.2 Å². The van der Waals surface area contributed by atoms with E-state index in [1.54, 1.807) is 12.1 Å². The monoisotopic (exact) mass is 259 g/mol. The lowest BCUT2D eigenvalue weighted by atomic mass is 9.99. The molecule has 0 saturated heterocycles. The van der Waals surface area contributed by atoms with Gasteiger partial charge in [0, 0.05) is 0 Å². The van der Waals surface area contributed by atoms with Crippen molar-refractivity contribution in [1.29, 1.82) is 5.26 Å². The minimum atomic E-state index is -0.0147. The molecule has 0 radical (unpaired) electrons. The highest BCUT2D eigenvalue weighted by atomic mass is 15.6. The highest BCUT2D eigenvalue weighted by Gasteiger charge is 2.16. The molecule has 0 heterocycles. The Morgan fingerprint density at radius 3 is 2.58 bits per heavy atom. The Labute approximate surface area is 114 Å². The van der Waals surface area contributed by atoms with Crippen LogP contribution in [0.1, 0.15) is 49.8 Å². The van der Waals surface area contributed by atoms with E-state index in [1.807, 2.05) is 12.1 Å². The predicted octanol–water partition coefficient (Wildman–Crippen LogP) is 2.26. The quantitative estimate of drug-likeness (QED) is 0.258. The Bertz CT molecular complexity index is 432. The summed E-state index contributed by atoms with van der Waals surface area (Å²) in [5.74, 6) is 5.90. The fourth-order valence-corrected chi connectivity index (χ4v) is 1.98. The summed E-state index contributed by atoms with van der Waals surface area (Å²) in [6.45, 7) is 2.16. The van der Waals surface area contributed by atoms with E-state index in [2.05, 4.69) is 18.1 Å². The maximum absolute atomic E-state index is 8.81. The smallest absolute Gasteiger partial charge is 0.107 e. The van der Waals surface area contributed by atoms with Gasteiger partial charge in [-0.05, 0) is 24.1 Å². The molecule has 1 atom stereocenters. The lowest BCUT2D eigenvalue weighted by Crippen LogP contribution is -2.31. The van der Waals surface area contributed by atoms with Gasteiger partial charge < -0.3 is 5.73 Å². The molecule has 102 valence electrons.